The number of ether oxygens (including phenoxy) is 1. The van der Waals surface area contributed by atoms with Crippen molar-refractivity contribution in [2.24, 2.45) is 0 Å². The molecule has 2 heterocycles. The van der Waals surface area contributed by atoms with Gasteiger partial charge in [-0.05, 0) is 50.1 Å². The van der Waals surface area contributed by atoms with Crippen LogP contribution in [0.1, 0.15) is 65.8 Å². The van der Waals surface area contributed by atoms with Gasteiger partial charge in [0, 0.05) is 11.6 Å². The van der Waals surface area contributed by atoms with E-state index in [0.29, 0.717) is 17.3 Å². The Morgan fingerprint density at radius 1 is 1.09 bits per heavy atom. The molecule has 1 N–H and O–H groups in total. The fourth-order valence-corrected chi connectivity index (χ4v) is 4.39. The topological polar surface area (TPSA) is 84.9 Å². The number of benzene rings is 1. The van der Waals surface area contributed by atoms with Gasteiger partial charge in [-0.2, -0.15) is 0 Å². The maximum absolute atomic E-state index is 13.7. The first-order valence-electron chi connectivity index (χ1n) is 11.4. The molecule has 7 heteroatoms. The summed E-state index contributed by atoms with van der Waals surface area (Å²) in [6.07, 6.45) is 6.69. The number of rotatable bonds is 8. The van der Waals surface area contributed by atoms with Gasteiger partial charge >= 0.3 is 0 Å². The molecular weight excluding hydrogens is 420 g/mol. The van der Waals surface area contributed by atoms with Crippen LogP contribution in [0.25, 0.3) is 0 Å². The van der Waals surface area contributed by atoms with Crippen LogP contribution in [0.2, 0.25) is 0 Å². The maximum atomic E-state index is 13.7. The van der Waals surface area contributed by atoms with E-state index in [9.17, 15) is 9.59 Å². The largest absolute Gasteiger partial charge is 0.496 e. The van der Waals surface area contributed by atoms with Gasteiger partial charge in [0.2, 0.25) is 0 Å². The third kappa shape index (κ3) is 5.30. The van der Waals surface area contributed by atoms with Crippen LogP contribution >= 0.6 is 0 Å². The van der Waals surface area contributed by atoms with E-state index in [1.165, 1.54) is 17.6 Å². The van der Waals surface area contributed by atoms with Crippen LogP contribution < -0.4 is 10.1 Å². The minimum absolute atomic E-state index is 0.0941. The first-order valence-corrected chi connectivity index (χ1v) is 11.4. The quantitative estimate of drug-likeness (QED) is 0.521. The van der Waals surface area contributed by atoms with Crippen molar-refractivity contribution in [2.45, 2.75) is 57.7 Å². The smallest absolute Gasteiger partial charge is 0.290 e. The molecule has 33 heavy (non-hydrogen) atoms. The maximum Gasteiger partial charge on any atom is 0.290 e. The van der Waals surface area contributed by atoms with Crippen LogP contribution in [0.15, 0.2) is 63.6 Å². The molecule has 4 rings (SSSR count). The number of amides is 2. The number of nitrogens with one attached hydrogen (secondary N) is 1. The summed E-state index contributed by atoms with van der Waals surface area (Å²) in [6.45, 7) is 1.96. The van der Waals surface area contributed by atoms with Crippen LogP contribution in [0.5, 0.6) is 5.75 Å². The first-order chi connectivity index (χ1) is 16.1. The highest BCUT2D eigenvalue weighted by Gasteiger charge is 2.37. The monoisotopic (exact) mass is 450 g/mol. The minimum atomic E-state index is -0.955. The predicted molar refractivity (Wildman–Crippen MR) is 123 cm³/mol. The first kappa shape index (κ1) is 22.7. The van der Waals surface area contributed by atoms with Gasteiger partial charge in [0.1, 0.15) is 17.3 Å². The molecule has 174 valence electrons. The number of hydrogen-bond donors (Lipinski definition) is 1. The number of nitrogens with zero attached hydrogens (tertiary/aromatic N) is 1. The summed E-state index contributed by atoms with van der Waals surface area (Å²) in [5.41, 5.74) is 0.777. The molecule has 2 amide bonds. The number of para-hydroxylation sites is 1. The van der Waals surface area contributed by atoms with Gasteiger partial charge in [-0.3, -0.25) is 9.59 Å². The standard InChI is InChI=1S/C26H30N2O5/c1-18-14-15-22(33-18)24(25(29)27-20-10-4-3-5-11-20)28(26(30)23-13-8-16-32-23)17-19-9-6-7-12-21(19)31-2/h6-9,12-16,20,24H,3-5,10-11,17H2,1-2H3,(H,27,29)/t24-/m1/s1. The van der Waals surface area contributed by atoms with Gasteiger partial charge in [0.15, 0.2) is 11.8 Å². The Labute approximate surface area is 193 Å². The Balaban J connectivity index is 1.73. The molecule has 0 spiro atoms. The second-order valence-electron chi connectivity index (χ2n) is 8.42. The lowest BCUT2D eigenvalue weighted by molar-refractivity contribution is -0.127. The SMILES string of the molecule is COc1ccccc1CN(C(=O)c1ccco1)[C@@H](C(=O)NC1CCCCC1)c1ccc(C)o1. The van der Waals surface area contributed by atoms with E-state index in [1.54, 1.807) is 31.4 Å². The van der Waals surface area contributed by atoms with E-state index in [-0.39, 0.29) is 24.3 Å². The zero-order valence-corrected chi connectivity index (χ0v) is 19.1. The highest BCUT2D eigenvalue weighted by atomic mass is 16.5. The second kappa shape index (κ2) is 10.4. The van der Waals surface area contributed by atoms with E-state index in [2.05, 4.69) is 5.32 Å². The van der Waals surface area contributed by atoms with Gasteiger partial charge in [-0.1, -0.05) is 37.5 Å². The molecule has 0 aliphatic heterocycles. The fraction of sp³-hybridized carbons (Fsp3) is 0.385. The summed E-state index contributed by atoms with van der Waals surface area (Å²) < 4.78 is 16.8. The predicted octanol–water partition coefficient (Wildman–Crippen LogP) is 5.02. The molecule has 1 aliphatic carbocycles. The third-order valence-corrected chi connectivity index (χ3v) is 6.07. The number of carbonyl (C=O) groups is 2. The molecule has 3 aromatic rings. The highest BCUT2D eigenvalue weighted by Crippen LogP contribution is 2.30. The molecule has 1 atom stereocenters. The van der Waals surface area contributed by atoms with Crippen molar-refractivity contribution < 1.29 is 23.2 Å². The zero-order valence-electron chi connectivity index (χ0n) is 19.1. The molecular formula is C26H30N2O5. The molecule has 1 aliphatic rings. The Bertz CT molecular complexity index is 1070. The average molecular weight is 451 g/mol. The number of furan rings is 2. The molecule has 0 bridgehead atoms. The van der Waals surface area contributed by atoms with E-state index in [1.807, 2.05) is 31.2 Å². The minimum Gasteiger partial charge on any atom is -0.496 e. The molecule has 2 aromatic heterocycles. The average Bonchev–Trinajstić information content (AvgIpc) is 3.51. The van der Waals surface area contributed by atoms with Crippen molar-refractivity contribution in [3.8, 4) is 5.75 Å². The lowest BCUT2D eigenvalue weighted by atomic mass is 9.95. The summed E-state index contributed by atoms with van der Waals surface area (Å²) >= 11 is 0. The van der Waals surface area contributed by atoms with Gasteiger partial charge in [0.25, 0.3) is 11.8 Å². The summed E-state index contributed by atoms with van der Waals surface area (Å²) in [6, 6.07) is 13.4. The fourth-order valence-electron chi connectivity index (χ4n) is 4.39. The summed E-state index contributed by atoms with van der Waals surface area (Å²) in [7, 11) is 1.58. The highest BCUT2D eigenvalue weighted by molar-refractivity contribution is 5.95. The molecule has 1 fully saturated rings. The third-order valence-electron chi connectivity index (χ3n) is 6.07. The number of carbonyl (C=O) groups excluding carboxylic acids is 2. The Morgan fingerprint density at radius 2 is 1.88 bits per heavy atom. The Kier molecular flexibility index (Phi) is 7.17. The summed E-state index contributed by atoms with van der Waals surface area (Å²) in [5.74, 6) is 1.22. The van der Waals surface area contributed by atoms with Crippen LogP contribution in [0.4, 0.5) is 0 Å². The van der Waals surface area contributed by atoms with E-state index < -0.39 is 11.9 Å². The Hall–Kier alpha value is -3.48. The normalized spacial score (nSPS) is 15.1. The van der Waals surface area contributed by atoms with Crippen LogP contribution in [-0.4, -0.2) is 29.9 Å². The lowest BCUT2D eigenvalue weighted by Crippen LogP contribution is -2.46. The van der Waals surface area contributed by atoms with Crippen molar-refractivity contribution in [3.05, 3.63) is 77.6 Å². The van der Waals surface area contributed by atoms with Gasteiger partial charge in [-0.25, -0.2) is 0 Å². The van der Waals surface area contributed by atoms with Crippen molar-refractivity contribution in [1.82, 2.24) is 10.2 Å². The van der Waals surface area contributed by atoms with Crippen molar-refractivity contribution in [3.63, 3.8) is 0 Å². The zero-order chi connectivity index (χ0) is 23.2. The van der Waals surface area contributed by atoms with Gasteiger partial charge in [-0.15, -0.1) is 0 Å². The van der Waals surface area contributed by atoms with Crippen molar-refractivity contribution >= 4 is 11.8 Å². The molecule has 7 nitrogen and oxygen atoms in total. The summed E-state index contributed by atoms with van der Waals surface area (Å²) in [5, 5.41) is 3.17. The molecule has 1 saturated carbocycles. The number of aryl methyl sites for hydroxylation is 1. The second-order valence-corrected chi connectivity index (χ2v) is 8.42. The van der Waals surface area contributed by atoms with Crippen LogP contribution in [0.3, 0.4) is 0 Å². The number of methoxy groups -OCH3 is 1. The van der Waals surface area contributed by atoms with E-state index in [4.69, 9.17) is 13.6 Å². The van der Waals surface area contributed by atoms with Crippen molar-refractivity contribution in [2.75, 3.05) is 7.11 Å². The van der Waals surface area contributed by atoms with Crippen LogP contribution in [0, 0.1) is 6.92 Å². The van der Waals surface area contributed by atoms with E-state index in [0.717, 1.165) is 31.2 Å². The molecule has 0 unspecified atom stereocenters. The molecule has 0 radical (unpaired) electrons. The van der Waals surface area contributed by atoms with Crippen molar-refractivity contribution in [1.29, 1.82) is 0 Å². The Morgan fingerprint density at radius 3 is 2.55 bits per heavy atom. The van der Waals surface area contributed by atoms with E-state index >= 15 is 0 Å². The summed E-state index contributed by atoms with van der Waals surface area (Å²) in [4.78, 5) is 28.7. The molecule has 1 aromatic carbocycles. The van der Waals surface area contributed by atoms with Gasteiger partial charge in [0.05, 0.1) is 19.9 Å². The number of hydrogen-bond acceptors (Lipinski definition) is 5. The van der Waals surface area contributed by atoms with Gasteiger partial charge < -0.3 is 23.8 Å². The lowest BCUT2D eigenvalue weighted by Gasteiger charge is -2.32. The molecule has 0 saturated heterocycles. The van der Waals surface area contributed by atoms with Crippen LogP contribution in [-0.2, 0) is 11.3 Å².